The second kappa shape index (κ2) is 7.93. The molecule has 3 rings (SSSR count). The standard InChI is InChI=1S/C17H27N3O3/c1-14(23-13-16-7-2-3-11-22-16)17(21)20-10-4-6-15(20)12-19-9-5-8-18-19/h5,8-9,14-16H,2-4,6-7,10-13H2,1H3. The maximum absolute atomic E-state index is 12.7. The normalized spacial score (nSPS) is 26.4. The van der Waals surface area contributed by atoms with Crippen LogP contribution in [-0.4, -0.2) is 58.6 Å². The molecule has 3 unspecified atom stereocenters. The van der Waals surface area contributed by atoms with Crippen LogP contribution < -0.4 is 0 Å². The Hall–Kier alpha value is -1.40. The van der Waals surface area contributed by atoms with E-state index in [4.69, 9.17) is 9.47 Å². The fourth-order valence-electron chi connectivity index (χ4n) is 3.44. The lowest BCUT2D eigenvalue weighted by atomic mass is 10.1. The molecule has 0 bridgehead atoms. The predicted molar refractivity (Wildman–Crippen MR) is 86.0 cm³/mol. The fourth-order valence-corrected chi connectivity index (χ4v) is 3.44. The Morgan fingerprint density at radius 1 is 1.39 bits per heavy atom. The number of aromatic nitrogens is 2. The molecule has 2 fully saturated rings. The van der Waals surface area contributed by atoms with Crippen molar-refractivity contribution in [2.75, 3.05) is 19.8 Å². The second-order valence-electron chi connectivity index (χ2n) is 6.52. The zero-order valence-electron chi connectivity index (χ0n) is 13.9. The summed E-state index contributed by atoms with van der Waals surface area (Å²) in [7, 11) is 0. The lowest BCUT2D eigenvalue weighted by Gasteiger charge is -2.29. The summed E-state index contributed by atoms with van der Waals surface area (Å²) in [6.45, 7) is 4.77. The van der Waals surface area contributed by atoms with Crippen molar-refractivity contribution < 1.29 is 14.3 Å². The molecule has 1 aromatic rings. The number of hydrogen-bond donors (Lipinski definition) is 0. The Balaban J connectivity index is 1.49. The van der Waals surface area contributed by atoms with Gasteiger partial charge in [-0.15, -0.1) is 0 Å². The molecule has 2 aliphatic heterocycles. The van der Waals surface area contributed by atoms with Crippen LogP contribution in [0.1, 0.15) is 39.0 Å². The fraction of sp³-hybridized carbons (Fsp3) is 0.765. The summed E-state index contributed by atoms with van der Waals surface area (Å²) in [5, 5.41) is 4.25. The number of hydrogen-bond acceptors (Lipinski definition) is 4. The average molecular weight is 321 g/mol. The first-order valence-corrected chi connectivity index (χ1v) is 8.75. The molecule has 3 atom stereocenters. The molecule has 3 heterocycles. The molecule has 0 aromatic carbocycles. The first kappa shape index (κ1) is 16.5. The Morgan fingerprint density at radius 2 is 2.30 bits per heavy atom. The van der Waals surface area contributed by atoms with Gasteiger partial charge >= 0.3 is 0 Å². The molecule has 2 saturated heterocycles. The number of carbonyl (C=O) groups excluding carboxylic acids is 1. The van der Waals surface area contributed by atoms with Crippen molar-refractivity contribution in [1.82, 2.24) is 14.7 Å². The van der Waals surface area contributed by atoms with Crippen LogP contribution in [0.2, 0.25) is 0 Å². The zero-order valence-corrected chi connectivity index (χ0v) is 13.9. The van der Waals surface area contributed by atoms with Crippen LogP contribution in [-0.2, 0) is 20.8 Å². The number of amides is 1. The monoisotopic (exact) mass is 321 g/mol. The second-order valence-corrected chi connectivity index (χ2v) is 6.52. The lowest BCUT2D eigenvalue weighted by molar-refractivity contribution is -0.147. The third-order valence-electron chi connectivity index (χ3n) is 4.77. The van der Waals surface area contributed by atoms with Crippen LogP contribution in [0.4, 0.5) is 0 Å². The Morgan fingerprint density at radius 3 is 3.04 bits per heavy atom. The van der Waals surface area contributed by atoms with E-state index in [0.29, 0.717) is 6.61 Å². The smallest absolute Gasteiger partial charge is 0.251 e. The molecule has 6 nitrogen and oxygen atoms in total. The third-order valence-corrected chi connectivity index (χ3v) is 4.77. The minimum atomic E-state index is -0.404. The largest absolute Gasteiger partial charge is 0.376 e. The summed E-state index contributed by atoms with van der Waals surface area (Å²) in [5.74, 6) is 0.0930. The van der Waals surface area contributed by atoms with Crippen molar-refractivity contribution >= 4 is 5.91 Å². The average Bonchev–Trinajstić information content (AvgIpc) is 3.25. The van der Waals surface area contributed by atoms with Gasteiger partial charge in [0.1, 0.15) is 6.10 Å². The highest BCUT2D eigenvalue weighted by atomic mass is 16.5. The molecule has 0 spiro atoms. The van der Waals surface area contributed by atoms with Crippen molar-refractivity contribution in [3.05, 3.63) is 18.5 Å². The number of nitrogens with zero attached hydrogens (tertiary/aromatic N) is 3. The molecule has 0 saturated carbocycles. The van der Waals surface area contributed by atoms with E-state index < -0.39 is 6.10 Å². The van der Waals surface area contributed by atoms with Crippen LogP contribution in [0.25, 0.3) is 0 Å². The van der Waals surface area contributed by atoms with Crippen LogP contribution in [0.3, 0.4) is 0 Å². The van der Waals surface area contributed by atoms with Gasteiger partial charge in [-0.2, -0.15) is 5.10 Å². The molecule has 0 aliphatic carbocycles. The van der Waals surface area contributed by atoms with Gasteiger partial charge in [0, 0.05) is 25.5 Å². The SMILES string of the molecule is CC(OCC1CCCCO1)C(=O)N1CCCC1Cn1cccn1. The van der Waals surface area contributed by atoms with Crippen molar-refractivity contribution in [3.8, 4) is 0 Å². The van der Waals surface area contributed by atoms with E-state index in [1.807, 2.05) is 28.8 Å². The minimum absolute atomic E-state index is 0.0930. The van der Waals surface area contributed by atoms with Gasteiger partial charge in [-0.3, -0.25) is 9.48 Å². The Bertz CT molecular complexity index is 485. The Kier molecular flexibility index (Phi) is 5.67. The molecular weight excluding hydrogens is 294 g/mol. The highest BCUT2D eigenvalue weighted by Crippen LogP contribution is 2.21. The number of likely N-dealkylation sites (tertiary alicyclic amines) is 1. The third kappa shape index (κ3) is 4.32. The molecule has 23 heavy (non-hydrogen) atoms. The molecule has 0 N–H and O–H groups in total. The highest BCUT2D eigenvalue weighted by Gasteiger charge is 2.32. The van der Waals surface area contributed by atoms with Gasteiger partial charge in [-0.05, 0) is 45.1 Å². The van der Waals surface area contributed by atoms with E-state index in [9.17, 15) is 4.79 Å². The molecular formula is C17H27N3O3. The van der Waals surface area contributed by atoms with E-state index >= 15 is 0 Å². The van der Waals surface area contributed by atoms with Crippen LogP contribution in [0.5, 0.6) is 0 Å². The maximum atomic E-state index is 12.7. The first-order valence-electron chi connectivity index (χ1n) is 8.75. The zero-order chi connectivity index (χ0) is 16.1. The molecule has 1 aromatic heterocycles. The maximum Gasteiger partial charge on any atom is 0.251 e. The summed E-state index contributed by atoms with van der Waals surface area (Å²) in [5.41, 5.74) is 0. The van der Waals surface area contributed by atoms with Crippen LogP contribution in [0.15, 0.2) is 18.5 Å². The van der Waals surface area contributed by atoms with Crippen LogP contribution in [0, 0.1) is 0 Å². The van der Waals surface area contributed by atoms with Crippen molar-refractivity contribution in [2.45, 2.75) is 63.8 Å². The minimum Gasteiger partial charge on any atom is -0.376 e. The van der Waals surface area contributed by atoms with Gasteiger partial charge in [0.2, 0.25) is 0 Å². The van der Waals surface area contributed by atoms with E-state index in [1.165, 1.54) is 6.42 Å². The number of ether oxygens (including phenoxy) is 2. The lowest BCUT2D eigenvalue weighted by Crippen LogP contribution is -2.44. The van der Waals surface area contributed by atoms with Crippen molar-refractivity contribution in [2.24, 2.45) is 0 Å². The summed E-state index contributed by atoms with van der Waals surface area (Å²) in [6, 6.07) is 2.14. The molecule has 2 aliphatic rings. The molecule has 0 radical (unpaired) electrons. The Labute approximate surface area is 137 Å². The molecule has 128 valence electrons. The summed E-state index contributed by atoms with van der Waals surface area (Å²) >= 11 is 0. The van der Waals surface area contributed by atoms with Gasteiger partial charge in [-0.1, -0.05) is 0 Å². The van der Waals surface area contributed by atoms with Crippen molar-refractivity contribution in [1.29, 1.82) is 0 Å². The number of carbonyl (C=O) groups is 1. The molecule has 1 amide bonds. The van der Waals surface area contributed by atoms with Crippen LogP contribution >= 0.6 is 0 Å². The van der Waals surface area contributed by atoms with Gasteiger partial charge in [-0.25, -0.2) is 0 Å². The van der Waals surface area contributed by atoms with Gasteiger partial charge in [0.15, 0.2) is 0 Å². The summed E-state index contributed by atoms with van der Waals surface area (Å²) in [4.78, 5) is 14.7. The quantitative estimate of drug-likeness (QED) is 0.802. The van der Waals surface area contributed by atoms with E-state index in [-0.39, 0.29) is 18.1 Å². The van der Waals surface area contributed by atoms with Gasteiger partial charge in [0.05, 0.1) is 25.3 Å². The number of rotatable bonds is 6. The molecule has 6 heteroatoms. The topological polar surface area (TPSA) is 56.6 Å². The van der Waals surface area contributed by atoms with Gasteiger partial charge < -0.3 is 14.4 Å². The van der Waals surface area contributed by atoms with Gasteiger partial charge in [0.25, 0.3) is 5.91 Å². The summed E-state index contributed by atoms with van der Waals surface area (Å²) < 4.78 is 13.4. The van der Waals surface area contributed by atoms with Crippen molar-refractivity contribution in [3.63, 3.8) is 0 Å². The predicted octanol–water partition coefficient (Wildman–Crippen LogP) is 1.85. The highest BCUT2D eigenvalue weighted by molar-refractivity contribution is 5.81. The first-order chi connectivity index (χ1) is 11.2. The van der Waals surface area contributed by atoms with E-state index in [2.05, 4.69) is 5.10 Å². The summed E-state index contributed by atoms with van der Waals surface area (Å²) in [6.07, 6.45) is 8.91. The van der Waals surface area contributed by atoms with E-state index in [0.717, 1.165) is 45.4 Å². The van der Waals surface area contributed by atoms with E-state index in [1.54, 1.807) is 6.20 Å².